The molecular weight excluding hydrogens is 400 g/mol. The summed E-state index contributed by atoms with van der Waals surface area (Å²) in [5, 5.41) is 2.96. The topological polar surface area (TPSA) is 75.7 Å². The fraction of sp³-hybridized carbons (Fsp3) is 0.435. The van der Waals surface area contributed by atoms with Gasteiger partial charge in [0.05, 0.1) is 24.0 Å². The van der Waals surface area contributed by atoms with Crippen LogP contribution in [0.25, 0.3) is 0 Å². The molecule has 3 rings (SSSR count). The molecule has 0 unspecified atom stereocenters. The largest absolute Gasteiger partial charge is 0.476 e. The van der Waals surface area contributed by atoms with E-state index in [1.54, 1.807) is 31.2 Å². The van der Waals surface area contributed by atoms with Gasteiger partial charge < -0.3 is 10.1 Å². The highest BCUT2D eigenvalue weighted by Gasteiger charge is 2.36. The summed E-state index contributed by atoms with van der Waals surface area (Å²) in [6.07, 6.45) is -0.919. The molecule has 0 aromatic heterocycles. The summed E-state index contributed by atoms with van der Waals surface area (Å²) in [6, 6.07) is 14.8. The van der Waals surface area contributed by atoms with E-state index in [0.717, 1.165) is 5.56 Å². The monoisotopic (exact) mass is 430 g/mol. The molecule has 30 heavy (non-hydrogen) atoms. The van der Waals surface area contributed by atoms with Gasteiger partial charge in [-0.15, -0.1) is 0 Å². The Bertz CT molecular complexity index is 1010. The smallest absolute Gasteiger partial charge is 0.263 e. The molecule has 1 N–H and O–H groups in total. The highest BCUT2D eigenvalue weighted by molar-refractivity contribution is 7.92. The van der Waals surface area contributed by atoms with Crippen molar-refractivity contribution in [1.29, 1.82) is 0 Å². The van der Waals surface area contributed by atoms with Gasteiger partial charge >= 0.3 is 0 Å². The second-order valence-electron chi connectivity index (χ2n) is 8.61. The number of para-hydroxylation sites is 2. The molecule has 1 aliphatic heterocycles. The van der Waals surface area contributed by atoms with Crippen LogP contribution in [0.15, 0.2) is 48.5 Å². The van der Waals surface area contributed by atoms with Gasteiger partial charge in [0.15, 0.2) is 6.10 Å². The number of sulfonamides is 1. The molecule has 7 heteroatoms. The summed E-state index contributed by atoms with van der Waals surface area (Å²) in [5.74, 6) is 0.00274. The van der Waals surface area contributed by atoms with Gasteiger partial charge in [-0.1, -0.05) is 57.2 Å². The van der Waals surface area contributed by atoms with Gasteiger partial charge in [0.1, 0.15) is 5.75 Å². The van der Waals surface area contributed by atoms with Crippen LogP contribution in [0.5, 0.6) is 5.75 Å². The number of hydrogen-bond acceptors (Lipinski definition) is 4. The predicted molar refractivity (Wildman–Crippen MR) is 119 cm³/mol. The van der Waals surface area contributed by atoms with E-state index in [0.29, 0.717) is 11.4 Å². The first-order valence-electron chi connectivity index (χ1n) is 10.2. The summed E-state index contributed by atoms with van der Waals surface area (Å²) < 4.78 is 32.3. The molecule has 0 fully saturated rings. The van der Waals surface area contributed by atoms with Crippen molar-refractivity contribution in [1.82, 2.24) is 5.32 Å². The van der Waals surface area contributed by atoms with Crippen molar-refractivity contribution >= 4 is 21.6 Å². The number of hydrogen-bond donors (Lipinski definition) is 1. The van der Waals surface area contributed by atoms with Gasteiger partial charge in [-0.25, -0.2) is 8.42 Å². The molecule has 1 heterocycles. The quantitative estimate of drug-likeness (QED) is 0.783. The average Bonchev–Trinajstić information content (AvgIpc) is 2.72. The molecule has 0 saturated carbocycles. The van der Waals surface area contributed by atoms with E-state index in [9.17, 15) is 13.2 Å². The van der Waals surface area contributed by atoms with Crippen molar-refractivity contribution in [3.63, 3.8) is 0 Å². The number of nitrogens with one attached hydrogen (secondary N) is 1. The van der Waals surface area contributed by atoms with Crippen LogP contribution < -0.4 is 14.4 Å². The molecule has 1 aliphatic rings. The van der Waals surface area contributed by atoms with Crippen LogP contribution in [0.4, 0.5) is 5.69 Å². The standard InChI is InChI=1S/C23H30N2O4S/c1-6-30(27,28)25-15-21(29-20-10-8-7-9-19(20)25)22(26)24-16(2)17-11-13-18(14-12-17)23(3,4)5/h7-14,16,21H,6,15H2,1-5H3,(H,24,26)/t16-,21-/m1/s1. The number of ether oxygens (including phenoxy) is 1. The van der Waals surface area contributed by atoms with Crippen molar-refractivity contribution in [3.05, 3.63) is 59.7 Å². The van der Waals surface area contributed by atoms with E-state index in [1.807, 2.05) is 19.1 Å². The van der Waals surface area contributed by atoms with Crippen LogP contribution in [0.3, 0.4) is 0 Å². The minimum Gasteiger partial charge on any atom is -0.476 e. The van der Waals surface area contributed by atoms with Gasteiger partial charge in [0.2, 0.25) is 10.0 Å². The van der Waals surface area contributed by atoms with Gasteiger partial charge in [-0.3, -0.25) is 9.10 Å². The molecule has 0 bridgehead atoms. The van der Waals surface area contributed by atoms with Crippen molar-refractivity contribution in [3.8, 4) is 5.75 Å². The van der Waals surface area contributed by atoms with Crippen molar-refractivity contribution in [2.24, 2.45) is 0 Å². The zero-order valence-corrected chi connectivity index (χ0v) is 19.0. The Morgan fingerprint density at radius 1 is 1.17 bits per heavy atom. The van der Waals surface area contributed by atoms with Crippen LogP contribution in [0.1, 0.15) is 51.8 Å². The molecule has 0 radical (unpaired) electrons. The number of rotatable bonds is 5. The SMILES string of the molecule is CCS(=O)(=O)N1C[C@H](C(=O)N[C@H](C)c2ccc(C(C)(C)C)cc2)Oc2ccccc21. The van der Waals surface area contributed by atoms with E-state index in [4.69, 9.17) is 4.74 Å². The average molecular weight is 431 g/mol. The van der Waals surface area contributed by atoms with Gasteiger partial charge in [0, 0.05) is 0 Å². The molecule has 2 atom stereocenters. The lowest BCUT2D eigenvalue weighted by Gasteiger charge is -2.35. The first-order chi connectivity index (χ1) is 14.0. The van der Waals surface area contributed by atoms with Crippen LogP contribution in [-0.2, 0) is 20.2 Å². The number of nitrogens with zero attached hydrogens (tertiary/aromatic N) is 1. The third-order valence-corrected chi connectivity index (χ3v) is 7.11. The molecule has 6 nitrogen and oxygen atoms in total. The molecule has 2 aromatic carbocycles. The molecule has 162 valence electrons. The zero-order valence-electron chi connectivity index (χ0n) is 18.2. The first-order valence-corrected chi connectivity index (χ1v) is 11.8. The fourth-order valence-corrected chi connectivity index (χ4v) is 4.54. The van der Waals surface area contributed by atoms with Gasteiger partial charge in [-0.2, -0.15) is 0 Å². The molecule has 0 spiro atoms. The number of fused-ring (bicyclic) bond motifs is 1. The Kier molecular flexibility index (Phi) is 6.13. The third kappa shape index (κ3) is 4.61. The van der Waals surface area contributed by atoms with Crippen LogP contribution in [0.2, 0.25) is 0 Å². The number of carbonyl (C=O) groups excluding carboxylic acids is 1. The number of benzene rings is 2. The fourth-order valence-electron chi connectivity index (χ4n) is 3.42. The lowest BCUT2D eigenvalue weighted by atomic mass is 9.86. The lowest BCUT2D eigenvalue weighted by molar-refractivity contribution is -0.128. The Hall–Kier alpha value is -2.54. The predicted octanol–water partition coefficient (Wildman–Crippen LogP) is 3.78. The maximum atomic E-state index is 12.9. The maximum absolute atomic E-state index is 12.9. The van der Waals surface area contributed by atoms with Crippen molar-refractivity contribution in [2.45, 2.75) is 52.2 Å². The molecule has 2 aromatic rings. The summed E-state index contributed by atoms with van der Waals surface area (Å²) >= 11 is 0. The summed E-state index contributed by atoms with van der Waals surface area (Å²) in [4.78, 5) is 12.9. The highest BCUT2D eigenvalue weighted by atomic mass is 32.2. The Labute approximate surface area is 179 Å². The van der Waals surface area contributed by atoms with Crippen LogP contribution in [-0.4, -0.2) is 32.7 Å². The molecule has 0 saturated heterocycles. The number of carbonyl (C=O) groups is 1. The van der Waals surface area contributed by atoms with E-state index in [2.05, 4.69) is 38.2 Å². The minimum atomic E-state index is -3.53. The summed E-state index contributed by atoms with van der Waals surface area (Å²) in [6.45, 7) is 9.91. The lowest BCUT2D eigenvalue weighted by Crippen LogP contribution is -2.51. The van der Waals surface area contributed by atoms with E-state index >= 15 is 0 Å². The third-order valence-electron chi connectivity index (χ3n) is 5.36. The normalized spacial score (nSPS) is 17.6. The summed E-state index contributed by atoms with van der Waals surface area (Å²) in [5.41, 5.74) is 2.72. The Balaban J connectivity index is 1.77. The number of amides is 1. The summed E-state index contributed by atoms with van der Waals surface area (Å²) in [7, 11) is -3.53. The molecule has 0 aliphatic carbocycles. The maximum Gasteiger partial charge on any atom is 0.263 e. The number of anilines is 1. The minimum absolute atomic E-state index is 0.0469. The van der Waals surface area contributed by atoms with Crippen molar-refractivity contribution in [2.75, 3.05) is 16.6 Å². The van der Waals surface area contributed by atoms with Gasteiger partial charge in [0.25, 0.3) is 5.91 Å². The Morgan fingerprint density at radius 2 is 1.80 bits per heavy atom. The van der Waals surface area contributed by atoms with Crippen molar-refractivity contribution < 1.29 is 17.9 Å². The van der Waals surface area contributed by atoms with E-state index < -0.39 is 16.1 Å². The first kappa shape index (κ1) is 22.2. The van der Waals surface area contributed by atoms with Crippen LogP contribution in [0, 0.1) is 0 Å². The highest BCUT2D eigenvalue weighted by Crippen LogP contribution is 2.35. The van der Waals surface area contributed by atoms with E-state index in [-0.39, 0.29) is 29.7 Å². The zero-order chi connectivity index (χ0) is 22.1. The Morgan fingerprint density at radius 3 is 2.40 bits per heavy atom. The molecule has 1 amide bonds. The van der Waals surface area contributed by atoms with E-state index in [1.165, 1.54) is 9.87 Å². The molecular formula is C23H30N2O4S. The second-order valence-corrected chi connectivity index (χ2v) is 10.8. The van der Waals surface area contributed by atoms with Crippen LogP contribution >= 0.6 is 0 Å². The second kappa shape index (κ2) is 8.30. The van der Waals surface area contributed by atoms with Gasteiger partial charge in [-0.05, 0) is 42.5 Å².